The van der Waals surface area contributed by atoms with E-state index < -0.39 is 0 Å². The van der Waals surface area contributed by atoms with E-state index in [1.807, 2.05) is 0 Å². The van der Waals surface area contributed by atoms with Gasteiger partial charge >= 0.3 is 0 Å². The third-order valence-electron chi connectivity index (χ3n) is 3.46. The van der Waals surface area contributed by atoms with Crippen LogP contribution in [-0.2, 0) is 9.53 Å². The number of carbonyl (C=O) groups excluding carboxylic acids is 1. The molecule has 0 unspecified atom stereocenters. The van der Waals surface area contributed by atoms with Crippen LogP contribution in [0.1, 0.15) is 83.5 Å². The van der Waals surface area contributed by atoms with Crippen LogP contribution in [0.4, 0.5) is 0 Å². The maximum absolute atomic E-state index is 9.92. The summed E-state index contributed by atoms with van der Waals surface area (Å²) in [4.78, 5) is 9.92. The van der Waals surface area contributed by atoms with Gasteiger partial charge in [-0.25, -0.2) is 0 Å². The summed E-state index contributed by atoms with van der Waals surface area (Å²) in [6, 6.07) is 0. The highest BCUT2D eigenvalue weighted by Gasteiger charge is 1.94. The number of hydrogen-bond donors (Lipinski definition) is 0. The van der Waals surface area contributed by atoms with Gasteiger partial charge in [-0.05, 0) is 17.3 Å². The summed E-state index contributed by atoms with van der Waals surface area (Å²) < 4.78 is 5.98. The molecule has 0 bridgehead atoms. The maximum Gasteiger partial charge on any atom is 0.293 e. The topological polar surface area (TPSA) is 26.3 Å². The smallest absolute Gasteiger partial charge is 0.293 e. The van der Waals surface area contributed by atoms with E-state index in [4.69, 9.17) is 0 Å². The third-order valence-corrected chi connectivity index (χ3v) is 4.23. The second-order valence-electron chi connectivity index (χ2n) is 5.25. The molecule has 0 saturated carbocycles. The SMILES string of the molecule is O=COCCCCCCCCCCCCCCCI. The van der Waals surface area contributed by atoms with Crippen LogP contribution in [0.2, 0.25) is 0 Å². The fraction of sp³-hybridized carbons (Fsp3) is 0.938. The molecule has 0 amide bonds. The number of halogens is 1. The molecule has 0 aromatic rings. The van der Waals surface area contributed by atoms with Gasteiger partial charge in [0.15, 0.2) is 0 Å². The number of hydrogen-bond acceptors (Lipinski definition) is 2. The lowest BCUT2D eigenvalue weighted by Crippen LogP contribution is -1.91. The first-order valence-corrected chi connectivity index (χ1v) is 9.55. The molecule has 0 rings (SSSR count). The van der Waals surface area contributed by atoms with Crippen molar-refractivity contribution in [2.75, 3.05) is 11.0 Å². The Kier molecular flexibility index (Phi) is 18.4. The van der Waals surface area contributed by atoms with Crippen molar-refractivity contribution in [1.29, 1.82) is 0 Å². The summed E-state index contributed by atoms with van der Waals surface area (Å²) in [5.74, 6) is 0. The van der Waals surface area contributed by atoms with Gasteiger partial charge in [0.25, 0.3) is 6.47 Å². The van der Waals surface area contributed by atoms with E-state index in [1.165, 1.54) is 81.5 Å². The standard InChI is InChI=1S/C16H31IO2/c17-14-12-10-8-6-4-2-1-3-5-7-9-11-13-15-19-16-18/h16H,1-15H2. The third kappa shape index (κ3) is 18.2. The van der Waals surface area contributed by atoms with Gasteiger partial charge in [-0.3, -0.25) is 4.79 Å². The van der Waals surface area contributed by atoms with Gasteiger partial charge in [0.05, 0.1) is 6.61 Å². The maximum atomic E-state index is 9.92. The highest BCUT2D eigenvalue weighted by molar-refractivity contribution is 14.1. The Labute approximate surface area is 133 Å². The van der Waals surface area contributed by atoms with Crippen LogP contribution in [0.25, 0.3) is 0 Å². The molecule has 0 aliphatic carbocycles. The summed E-state index contributed by atoms with van der Waals surface area (Å²) >= 11 is 2.46. The number of carbonyl (C=O) groups is 1. The van der Waals surface area contributed by atoms with Crippen molar-refractivity contribution in [1.82, 2.24) is 0 Å². The van der Waals surface area contributed by atoms with Crippen LogP contribution < -0.4 is 0 Å². The van der Waals surface area contributed by atoms with E-state index >= 15 is 0 Å². The Bertz CT molecular complexity index is 174. The van der Waals surface area contributed by atoms with Crippen LogP contribution in [0, 0.1) is 0 Å². The molecule has 0 fully saturated rings. The first-order valence-electron chi connectivity index (χ1n) is 8.03. The van der Waals surface area contributed by atoms with E-state index in [9.17, 15) is 4.79 Å². The zero-order chi connectivity index (χ0) is 14.0. The molecule has 0 spiro atoms. The number of unbranched alkanes of at least 4 members (excludes halogenated alkanes) is 12. The molecule has 0 N–H and O–H groups in total. The molecule has 0 radical (unpaired) electrons. The van der Waals surface area contributed by atoms with Crippen LogP contribution in [-0.4, -0.2) is 17.5 Å². The molecule has 0 atom stereocenters. The second-order valence-corrected chi connectivity index (χ2v) is 6.33. The molecule has 0 aromatic carbocycles. The molecule has 0 aromatic heterocycles. The predicted octanol–water partition coefficient (Wildman–Crippen LogP) is 5.67. The summed E-state index contributed by atoms with van der Waals surface area (Å²) in [6.45, 7) is 1.14. The van der Waals surface area contributed by atoms with Crippen LogP contribution >= 0.6 is 22.6 Å². The van der Waals surface area contributed by atoms with Gasteiger partial charge < -0.3 is 4.74 Å². The van der Waals surface area contributed by atoms with Crippen LogP contribution in [0.5, 0.6) is 0 Å². The van der Waals surface area contributed by atoms with E-state index in [2.05, 4.69) is 27.3 Å². The summed E-state index contributed by atoms with van der Waals surface area (Å²) in [7, 11) is 0. The summed E-state index contributed by atoms with van der Waals surface area (Å²) in [5, 5.41) is 0. The molecule has 19 heavy (non-hydrogen) atoms. The minimum absolute atomic E-state index is 0.544. The van der Waals surface area contributed by atoms with E-state index in [0.717, 1.165) is 6.42 Å². The van der Waals surface area contributed by atoms with Crippen molar-refractivity contribution in [3.63, 3.8) is 0 Å². The monoisotopic (exact) mass is 382 g/mol. The van der Waals surface area contributed by atoms with Crippen molar-refractivity contribution in [3.05, 3.63) is 0 Å². The molecule has 3 heteroatoms. The van der Waals surface area contributed by atoms with Crippen LogP contribution in [0.15, 0.2) is 0 Å². The Balaban J connectivity index is 2.89. The average Bonchev–Trinajstić information content (AvgIpc) is 2.43. The Morgan fingerprint density at radius 2 is 1.00 bits per heavy atom. The normalized spacial score (nSPS) is 10.6. The fourth-order valence-electron chi connectivity index (χ4n) is 2.27. The molecule has 114 valence electrons. The Morgan fingerprint density at radius 3 is 1.37 bits per heavy atom. The molecule has 0 heterocycles. The number of alkyl halides is 1. The lowest BCUT2D eigenvalue weighted by molar-refractivity contribution is -0.128. The van der Waals surface area contributed by atoms with E-state index in [1.54, 1.807) is 0 Å². The average molecular weight is 382 g/mol. The molecule has 0 aliphatic heterocycles. The predicted molar refractivity (Wildman–Crippen MR) is 90.9 cm³/mol. The minimum Gasteiger partial charge on any atom is -0.468 e. The molecule has 2 nitrogen and oxygen atoms in total. The van der Waals surface area contributed by atoms with Crippen molar-refractivity contribution < 1.29 is 9.53 Å². The van der Waals surface area contributed by atoms with Crippen molar-refractivity contribution in [3.8, 4) is 0 Å². The summed E-state index contributed by atoms with van der Waals surface area (Å²) in [6.07, 6.45) is 17.6. The molecule has 0 saturated heterocycles. The first kappa shape index (κ1) is 19.2. The first-order chi connectivity index (χ1) is 9.41. The van der Waals surface area contributed by atoms with Gasteiger partial charge in [0.2, 0.25) is 0 Å². The molecule has 0 aliphatic rings. The minimum atomic E-state index is 0.544. The van der Waals surface area contributed by atoms with Crippen molar-refractivity contribution in [2.24, 2.45) is 0 Å². The quantitative estimate of drug-likeness (QED) is 0.149. The summed E-state index contributed by atoms with van der Waals surface area (Å²) in [5.41, 5.74) is 0. The highest BCUT2D eigenvalue weighted by Crippen LogP contribution is 2.12. The van der Waals surface area contributed by atoms with Gasteiger partial charge in [0, 0.05) is 0 Å². The van der Waals surface area contributed by atoms with Gasteiger partial charge in [0.1, 0.15) is 0 Å². The largest absolute Gasteiger partial charge is 0.468 e. The van der Waals surface area contributed by atoms with Crippen molar-refractivity contribution >= 4 is 29.1 Å². The Hall–Kier alpha value is 0.200. The number of ether oxygens (including phenoxy) is 1. The number of rotatable bonds is 16. The molecular formula is C16H31IO2. The second kappa shape index (κ2) is 18.2. The van der Waals surface area contributed by atoms with Crippen LogP contribution in [0.3, 0.4) is 0 Å². The van der Waals surface area contributed by atoms with E-state index in [0.29, 0.717) is 13.1 Å². The van der Waals surface area contributed by atoms with E-state index in [-0.39, 0.29) is 0 Å². The Morgan fingerprint density at radius 1 is 0.632 bits per heavy atom. The fourth-order valence-corrected chi connectivity index (χ4v) is 2.81. The lowest BCUT2D eigenvalue weighted by atomic mass is 10.0. The van der Waals surface area contributed by atoms with Gasteiger partial charge in [-0.15, -0.1) is 0 Å². The van der Waals surface area contributed by atoms with Gasteiger partial charge in [-0.2, -0.15) is 0 Å². The zero-order valence-corrected chi connectivity index (χ0v) is 14.5. The van der Waals surface area contributed by atoms with Gasteiger partial charge in [-0.1, -0.05) is 93.2 Å². The zero-order valence-electron chi connectivity index (χ0n) is 12.4. The molecular weight excluding hydrogens is 351 g/mol. The highest BCUT2D eigenvalue weighted by atomic mass is 127. The van der Waals surface area contributed by atoms with Crippen molar-refractivity contribution in [2.45, 2.75) is 83.5 Å². The lowest BCUT2D eigenvalue weighted by Gasteiger charge is -2.03.